The van der Waals surface area contributed by atoms with Crippen LogP contribution in [-0.2, 0) is 9.59 Å². The third-order valence-corrected chi connectivity index (χ3v) is 3.60. The van der Waals surface area contributed by atoms with E-state index in [0.717, 1.165) is 12.8 Å². The second-order valence-corrected chi connectivity index (χ2v) is 5.63. The molecule has 3 N–H and O–H groups in total. The lowest BCUT2D eigenvalue weighted by Crippen LogP contribution is -2.29. The van der Waals surface area contributed by atoms with Crippen molar-refractivity contribution < 1.29 is 9.59 Å². The summed E-state index contributed by atoms with van der Waals surface area (Å²) in [5, 5.41) is 2.78. The Morgan fingerprint density at radius 3 is 2.25 bits per heavy atom. The topological polar surface area (TPSA) is 72.2 Å². The number of hydrogen-bond acceptors (Lipinski definition) is 2. The van der Waals surface area contributed by atoms with Crippen LogP contribution >= 0.6 is 0 Å². The fourth-order valence-corrected chi connectivity index (χ4v) is 2.36. The molecule has 0 saturated carbocycles. The van der Waals surface area contributed by atoms with Gasteiger partial charge >= 0.3 is 0 Å². The Balaban J connectivity index is 3.92. The number of primary amides is 1. The maximum atomic E-state index is 11.8. The smallest absolute Gasteiger partial charge is 0.220 e. The van der Waals surface area contributed by atoms with E-state index in [4.69, 9.17) is 5.73 Å². The molecule has 0 spiro atoms. The highest BCUT2D eigenvalue weighted by molar-refractivity contribution is 5.78. The van der Waals surface area contributed by atoms with E-state index in [1.807, 2.05) is 0 Å². The minimum atomic E-state index is -0.368. The number of carbonyl (C=O) groups is 2. The van der Waals surface area contributed by atoms with E-state index >= 15 is 0 Å². The third-order valence-electron chi connectivity index (χ3n) is 3.60. The van der Waals surface area contributed by atoms with Crippen LogP contribution in [0.5, 0.6) is 0 Å². The van der Waals surface area contributed by atoms with Gasteiger partial charge in [-0.1, -0.05) is 52.4 Å². The van der Waals surface area contributed by atoms with Gasteiger partial charge in [0.25, 0.3) is 0 Å². The molecule has 0 aromatic heterocycles. The van der Waals surface area contributed by atoms with Crippen LogP contribution in [0, 0.1) is 5.92 Å². The average molecular weight is 284 g/mol. The Bertz CT molecular complexity index is 267. The summed E-state index contributed by atoms with van der Waals surface area (Å²) in [5.41, 5.74) is 5.05. The molecule has 0 aliphatic rings. The van der Waals surface area contributed by atoms with E-state index < -0.39 is 0 Å². The molecule has 20 heavy (non-hydrogen) atoms. The third kappa shape index (κ3) is 12.0. The fourth-order valence-electron chi connectivity index (χ4n) is 2.36. The number of unbranched alkanes of at least 4 members (excludes halogenated alkanes) is 4. The highest BCUT2D eigenvalue weighted by atomic mass is 16.2. The Labute approximate surface area is 123 Å². The Kier molecular flexibility index (Phi) is 12.3. The summed E-state index contributed by atoms with van der Waals surface area (Å²) in [7, 11) is 0. The average Bonchev–Trinajstić information content (AvgIpc) is 2.40. The molecule has 0 aromatic rings. The van der Waals surface area contributed by atoms with Gasteiger partial charge in [-0.15, -0.1) is 0 Å². The summed E-state index contributed by atoms with van der Waals surface area (Å²) >= 11 is 0. The van der Waals surface area contributed by atoms with E-state index in [-0.39, 0.29) is 18.2 Å². The molecule has 0 rings (SSSR count). The van der Waals surface area contributed by atoms with Gasteiger partial charge in [-0.3, -0.25) is 9.59 Å². The van der Waals surface area contributed by atoms with Gasteiger partial charge in [-0.2, -0.15) is 0 Å². The highest BCUT2D eigenvalue weighted by Crippen LogP contribution is 2.20. The Morgan fingerprint density at radius 1 is 1.00 bits per heavy atom. The number of nitrogens with two attached hydrogens (primary N) is 1. The van der Waals surface area contributed by atoms with Gasteiger partial charge in [0.2, 0.25) is 11.8 Å². The van der Waals surface area contributed by atoms with Crippen molar-refractivity contribution in [3.63, 3.8) is 0 Å². The predicted octanol–water partition coefficient (Wildman–Crippen LogP) is 3.14. The summed E-state index contributed by atoms with van der Waals surface area (Å²) in [4.78, 5) is 22.4. The molecule has 0 aromatic carbocycles. The van der Waals surface area contributed by atoms with Crippen molar-refractivity contribution in [2.75, 3.05) is 6.54 Å². The maximum absolute atomic E-state index is 11.8. The van der Waals surface area contributed by atoms with E-state index in [9.17, 15) is 9.59 Å². The van der Waals surface area contributed by atoms with E-state index in [1.165, 1.54) is 38.5 Å². The largest absolute Gasteiger partial charge is 0.370 e. The lowest BCUT2D eigenvalue weighted by molar-refractivity contribution is -0.122. The lowest BCUT2D eigenvalue weighted by Gasteiger charge is -2.16. The summed E-state index contributed by atoms with van der Waals surface area (Å²) in [6, 6.07) is 0. The molecule has 0 saturated heterocycles. The normalized spacial score (nSPS) is 12.1. The van der Waals surface area contributed by atoms with Crippen LogP contribution in [0.4, 0.5) is 0 Å². The molecule has 0 heterocycles. The number of rotatable bonds is 13. The molecule has 0 aliphatic heterocycles. The monoisotopic (exact) mass is 284 g/mol. The van der Waals surface area contributed by atoms with Crippen LogP contribution in [0.3, 0.4) is 0 Å². The number of amides is 2. The van der Waals surface area contributed by atoms with E-state index in [1.54, 1.807) is 0 Å². The first-order valence-electron chi connectivity index (χ1n) is 8.15. The molecule has 0 fully saturated rings. The first kappa shape index (κ1) is 18.9. The number of nitrogens with one attached hydrogen (secondary N) is 1. The molecule has 4 heteroatoms. The van der Waals surface area contributed by atoms with Crippen molar-refractivity contribution >= 4 is 11.8 Å². The van der Waals surface area contributed by atoms with Gasteiger partial charge in [0.1, 0.15) is 0 Å². The van der Waals surface area contributed by atoms with Crippen molar-refractivity contribution in [2.45, 2.75) is 78.1 Å². The molecule has 1 atom stereocenters. The molecule has 0 radical (unpaired) electrons. The molecule has 2 amide bonds. The van der Waals surface area contributed by atoms with Gasteiger partial charge in [0.05, 0.1) is 0 Å². The molecule has 0 bridgehead atoms. The van der Waals surface area contributed by atoms with Crippen molar-refractivity contribution in [3.8, 4) is 0 Å². The molecule has 118 valence electrons. The first-order chi connectivity index (χ1) is 9.60. The maximum Gasteiger partial charge on any atom is 0.220 e. The Hall–Kier alpha value is -1.06. The van der Waals surface area contributed by atoms with Gasteiger partial charge < -0.3 is 11.1 Å². The molecule has 4 nitrogen and oxygen atoms in total. The summed E-state index contributed by atoms with van der Waals surface area (Å²) in [6.07, 6.45) is 10.5. The van der Waals surface area contributed by atoms with Crippen LogP contribution in [-0.4, -0.2) is 18.4 Å². The minimum Gasteiger partial charge on any atom is -0.370 e. The van der Waals surface area contributed by atoms with Gasteiger partial charge in [-0.25, -0.2) is 0 Å². The number of carbonyl (C=O) groups excluding carboxylic acids is 2. The fraction of sp³-hybridized carbons (Fsp3) is 0.875. The van der Waals surface area contributed by atoms with Gasteiger partial charge in [0.15, 0.2) is 0 Å². The van der Waals surface area contributed by atoms with Crippen LogP contribution in [0.1, 0.15) is 78.1 Å². The van der Waals surface area contributed by atoms with Crippen molar-refractivity contribution in [1.29, 1.82) is 0 Å². The highest BCUT2D eigenvalue weighted by Gasteiger charge is 2.13. The van der Waals surface area contributed by atoms with Crippen molar-refractivity contribution in [3.05, 3.63) is 0 Å². The van der Waals surface area contributed by atoms with Crippen LogP contribution in [0.15, 0.2) is 0 Å². The van der Waals surface area contributed by atoms with Crippen LogP contribution < -0.4 is 11.1 Å². The van der Waals surface area contributed by atoms with Crippen molar-refractivity contribution in [2.24, 2.45) is 11.7 Å². The lowest BCUT2D eigenvalue weighted by atomic mass is 9.92. The standard InChI is InChI=1S/C16H32N2O2/c1-3-5-7-8-10-14(9-6-4-2)13-16(20)18-12-11-15(17)19/h14H,3-13H2,1-2H3,(H2,17,19)(H,18,20). The summed E-state index contributed by atoms with van der Waals surface area (Å²) in [5.74, 6) is 0.177. The van der Waals surface area contributed by atoms with Gasteiger partial charge in [-0.05, 0) is 18.8 Å². The zero-order valence-corrected chi connectivity index (χ0v) is 13.2. The zero-order valence-electron chi connectivity index (χ0n) is 13.2. The quantitative estimate of drug-likeness (QED) is 0.510. The summed E-state index contributed by atoms with van der Waals surface area (Å²) < 4.78 is 0. The summed E-state index contributed by atoms with van der Waals surface area (Å²) in [6.45, 7) is 4.76. The SMILES string of the molecule is CCCCCCC(CCCC)CC(=O)NCCC(N)=O. The van der Waals surface area contributed by atoms with Gasteiger partial charge in [0, 0.05) is 19.4 Å². The van der Waals surface area contributed by atoms with E-state index in [0.29, 0.717) is 18.9 Å². The first-order valence-corrected chi connectivity index (χ1v) is 8.15. The van der Waals surface area contributed by atoms with Crippen molar-refractivity contribution in [1.82, 2.24) is 5.32 Å². The van der Waals surface area contributed by atoms with Crippen LogP contribution in [0.2, 0.25) is 0 Å². The molecular formula is C16H32N2O2. The zero-order chi connectivity index (χ0) is 15.2. The van der Waals surface area contributed by atoms with Crippen LogP contribution in [0.25, 0.3) is 0 Å². The molecule has 0 aliphatic carbocycles. The second kappa shape index (κ2) is 12.9. The predicted molar refractivity (Wildman–Crippen MR) is 83.2 cm³/mol. The number of hydrogen-bond donors (Lipinski definition) is 2. The minimum absolute atomic E-state index is 0.0582. The molecule has 1 unspecified atom stereocenters. The second-order valence-electron chi connectivity index (χ2n) is 5.63. The van der Waals surface area contributed by atoms with E-state index in [2.05, 4.69) is 19.2 Å². The molecular weight excluding hydrogens is 252 g/mol. The Morgan fingerprint density at radius 2 is 1.65 bits per heavy atom.